The fourth-order valence-electron chi connectivity index (χ4n) is 7.19. The summed E-state index contributed by atoms with van der Waals surface area (Å²) >= 11 is 0. The van der Waals surface area contributed by atoms with Gasteiger partial charge in [-0.15, -0.1) is 12.8 Å². The van der Waals surface area contributed by atoms with Crippen LogP contribution in [0.15, 0.2) is 184 Å². The number of carbonyl (C=O) groups is 3. The van der Waals surface area contributed by atoms with Crippen molar-refractivity contribution in [3.8, 4) is 24.7 Å². The molecule has 15 nitrogen and oxygen atoms in total. The molecule has 0 atom stereocenters. The number of nitrogens with zero attached hydrogens (tertiary/aromatic N) is 9. The van der Waals surface area contributed by atoms with Crippen LogP contribution in [0.2, 0.25) is 0 Å². The molecule has 9 rings (SSSR count). The van der Waals surface area contributed by atoms with E-state index >= 15 is 0 Å². The maximum Gasteiger partial charge on any atom is 0.255 e. The Labute approximate surface area is 442 Å². The summed E-state index contributed by atoms with van der Waals surface area (Å²) in [5, 5.41) is 7.96. The van der Waals surface area contributed by atoms with Crippen molar-refractivity contribution in [3.05, 3.63) is 234 Å². The number of aryl methyl sites for hydroxylation is 1. The van der Waals surface area contributed by atoms with E-state index in [1.165, 1.54) is 43.2 Å². The first-order chi connectivity index (χ1) is 37.2. The first-order valence-electron chi connectivity index (χ1n) is 23.2. The number of hydrogen-bond acceptors (Lipinski definition) is 12. The fourth-order valence-corrected chi connectivity index (χ4v) is 7.19. The smallest absolute Gasteiger partial charge is 0.255 e. The third kappa shape index (κ3) is 14.5. The van der Waals surface area contributed by atoms with Crippen LogP contribution < -0.4 is 30.7 Å². The second-order valence-electron chi connectivity index (χ2n) is 16.6. The van der Waals surface area contributed by atoms with Crippen LogP contribution >= 0.6 is 0 Å². The largest absolute Gasteiger partial charge is 0.342 e. The fraction of sp³-hybridized carbons (Fsp3) is 0.0678. The summed E-state index contributed by atoms with van der Waals surface area (Å²) in [5.41, 5.74) is 7.85. The number of terminal acetylenes is 2. The van der Waals surface area contributed by atoms with Crippen LogP contribution in [0.5, 0.6) is 0 Å². The second kappa shape index (κ2) is 25.8. The van der Waals surface area contributed by atoms with E-state index in [9.17, 15) is 27.6 Å². The van der Waals surface area contributed by atoms with Crippen molar-refractivity contribution in [1.29, 1.82) is 0 Å². The monoisotopic (exact) mass is 1030 g/mol. The highest BCUT2D eigenvalue weighted by molar-refractivity contribution is 6.06. The number of rotatable bonds is 12. The van der Waals surface area contributed by atoms with E-state index in [0.29, 0.717) is 50.6 Å². The van der Waals surface area contributed by atoms with Crippen LogP contribution in [-0.4, -0.2) is 68.8 Å². The Morgan fingerprint density at radius 2 is 0.831 bits per heavy atom. The topological polar surface area (TPSA) is 174 Å². The summed E-state index contributed by atoms with van der Waals surface area (Å²) in [6.45, 7) is 1.90. The number of aromatic nitrogens is 6. The zero-order chi connectivity index (χ0) is 54.8. The molecule has 3 aromatic heterocycles. The molecule has 0 unspecified atom stereocenters. The normalized spacial score (nSPS) is 10.1. The summed E-state index contributed by atoms with van der Waals surface area (Å²) in [7, 11) is 5.31. The van der Waals surface area contributed by atoms with Gasteiger partial charge in [0.2, 0.25) is 0 Å². The van der Waals surface area contributed by atoms with Gasteiger partial charge in [-0.2, -0.15) is 0 Å². The molecule has 3 heterocycles. The number of amides is 3. The first kappa shape index (κ1) is 54.1. The van der Waals surface area contributed by atoms with Crippen molar-refractivity contribution in [1.82, 2.24) is 29.9 Å². The summed E-state index contributed by atoms with van der Waals surface area (Å²) < 4.78 is 42.5. The summed E-state index contributed by atoms with van der Waals surface area (Å²) in [5.74, 6) is 2.37. The van der Waals surface area contributed by atoms with Gasteiger partial charge in [0.1, 0.15) is 36.4 Å². The minimum atomic E-state index is -0.534. The molecule has 0 spiro atoms. The van der Waals surface area contributed by atoms with Gasteiger partial charge in [0.25, 0.3) is 17.7 Å². The van der Waals surface area contributed by atoms with Gasteiger partial charge in [-0.3, -0.25) is 14.4 Å². The lowest BCUT2D eigenvalue weighted by atomic mass is 10.1. The lowest BCUT2D eigenvalue weighted by Gasteiger charge is -2.20. The van der Waals surface area contributed by atoms with E-state index in [2.05, 4.69) is 57.7 Å². The summed E-state index contributed by atoms with van der Waals surface area (Å²) in [6.07, 6.45) is 24.7. The van der Waals surface area contributed by atoms with Crippen LogP contribution in [0.4, 0.5) is 64.4 Å². The van der Waals surface area contributed by atoms with Crippen molar-refractivity contribution in [3.63, 3.8) is 0 Å². The number of hydrogen-bond donors (Lipinski definition) is 3. The highest BCUT2D eigenvalue weighted by Gasteiger charge is 2.17. The zero-order valence-electron chi connectivity index (χ0n) is 41.9. The van der Waals surface area contributed by atoms with E-state index < -0.39 is 23.4 Å². The number of benzene rings is 6. The molecule has 18 heteroatoms. The molecule has 382 valence electrons. The minimum Gasteiger partial charge on any atom is -0.342 e. The second-order valence-corrected chi connectivity index (χ2v) is 16.6. The molecular weight excluding hydrogens is 982 g/mol. The number of halogens is 3. The molecule has 3 N–H and O–H groups in total. The standard InChI is InChI=1S/2C20H15FN4O.C19H17FN4O/c1-3-14-5-4-6-15(9-14)20(26)24-19-10-16(7-8-18(19)21)25(2)17-11-22-13-23-12-17;1-3-14-5-4-6-15(9-14)20(26)24-16-7-8-18(21)19(10-16)25(2)17-11-22-13-23-12-17;1-13-4-3-5-14(8-13)19(25)23-18-9-15(6-7-17(18)20)24(2)16-10-21-12-22-11-16/h2*1,4-13H,2H3,(H,24,26);3-12H,1-2H3,(H,23,25). The Morgan fingerprint density at radius 3 is 1.26 bits per heavy atom. The number of anilines is 9. The third-order valence-electron chi connectivity index (χ3n) is 11.4. The first-order valence-corrected chi connectivity index (χ1v) is 23.2. The van der Waals surface area contributed by atoms with Gasteiger partial charge < -0.3 is 30.7 Å². The van der Waals surface area contributed by atoms with Crippen molar-refractivity contribution in [2.75, 3.05) is 51.8 Å². The van der Waals surface area contributed by atoms with E-state index in [-0.39, 0.29) is 28.9 Å². The summed E-state index contributed by atoms with van der Waals surface area (Å²) in [6, 6.07) is 33.8. The maximum atomic E-state index is 14.2. The van der Waals surface area contributed by atoms with Crippen LogP contribution in [-0.2, 0) is 0 Å². The highest BCUT2D eigenvalue weighted by atomic mass is 19.1. The Bertz CT molecular complexity index is 3620. The molecular formula is C59H47F3N12O3. The van der Waals surface area contributed by atoms with Crippen molar-refractivity contribution < 1.29 is 27.6 Å². The Balaban J connectivity index is 0.000000168. The molecule has 0 bridgehead atoms. The van der Waals surface area contributed by atoms with Crippen molar-refractivity contribution in [2.45, 2.75) is 6.92 Å². The molecule has 3 amide bonds. The van der Waals surface area contributed by atoms with Crippen LogP contribution in [0.25, 0.3) is 0 Å². The van der Waals surface area contributed by atoms with Gasteiger partial charge >= 0.3 is 0 Å². The lowest BCUT2D eigenvalue weighted by Crippen LogP contribution is -2.15. The van der Waals surface area contributed by atoms with Gasteiger partial charge in [0.05, 0.1) is 71.3 Å². The predicted octanol–water partition coefficient (Wildman–Crippen LogP) is 11.2. The Kier molecular flexibility index (Phi) is 18.1. The van der Waals surface area contributed by atoms with Crippen molar-refractivity contribution >= 4 is 68.9 Å². The number of nitrogens with one attached hydrogen (secondary N) is 3. The van der Waals surface area contributed by atoms with Crippen LogP contribution in [0, 0.1) is 49.1 Å². The van der Waals surface area contributed by atoms with Crippen molar-refractivity contribution in [2.24, 2.45) is 0 Å². The van der Waals surface area contributed by atoms with Gasteiger partial charge in [0.15, 0.2) is 0 Å². The SMILES string of the molecule is C#Cc1cccc(C(=O)Nc2cc(N(C)c3cncnc3)ccc2F)c1.C#Cc1cccc(C(=O)Nc2ccc(F)c(N(C)c3cncnc3)c2)c1.Cc1cccc(C(=O)Nc2cc(N(C)c3cncnc3)ccc2F)c1. The molecule has 9 aromatic rings. The molecule has 0 saturated carbocycles. The predicted molar refractivity (Wildman–Crippen MR) is 293 cm³/mol. The number of carbonyl (C=O) groups excluding carboxylic acids is 3. The van der Waals surface area contributed by atoms with E-state index in [4.69, 9.17) is 12.8 Å². The minimum absolute atomic E-state index is 0.0716. The molecule has 0 aliphatic rings. The highest BCUT2D eigenvalue weighted by Crippen LogP contribution is 2.31. The van der Waals surface area contributed by atoms with Crippen LogP contribution in [0.1, 0.15) is 47.8 Å². The molecule has 0 saturated heterocycles. The van der Waals surface area contributed by atoms with E-state index in [0.717, 1.165) is 16.9 Å². The molecule has 0 radical (unpaired) electrons. The molecule has 0 aliphatic heterocycles. The maximum absolute atomic E-state index is 14.2. The van der Waals surface area contributed by atoms with E-state index in [1.54, 1.807) is 158 Å². The Morgan fingerprint density at radius 1 is 0.442 bits per heavy atom. The lowest BCUT2D eigenvalue weighted by molar-refractivity contribution is 0.101. The van der Waals surface area contributed by atoms with Gasteiger partial charge in [-0.1, -0.05) is 41.7 Å². The zero-order valence-corrected chi connectivity index (χ0v) is 41.9. The molecule has 77 heavy (non-hydrogen) atoms. The molecule has 6 aromatic carbocycles. The quantitative estimate of drug-likeness (QED) is 0.0990. The Hall–Kier alpha value is -10.7. The van der Waals surface area contributed by atoms with E-state index in [1.807, 2.05) is 24.9 Å². The van der Waals surface area contributed by atoms with Crippen LogP contribution in [0.3, 0.4) is 0 Å². The molecule has 0 fully saturated rings. The molecule has 0 aliphatic carbocycles. The third-order valence-corrected chi connectivity index (χ3v) is 11.4. The average molecular weight is 1030 g/mol. The van der Waals surface area contributed by atoms with Gasteiger partial charge in [0, 0.05) is 66.0 Å². The summed E-state index contributed by atoms with van der Waals surface area (Å²) in [4.78, 5) is 66.1. The van der Waals surface area contributed by atoms with Gasteiger partial charge in [-0.25, -0.2) is 43.1 Å². The van der Waals surface area contributed by atoms with Gasteiger partial charge in [-0.05, 0) is 110 Å². The average Bonchev–Trinajstić information content (AvgIpc) is 3.47.